The molecule has 0 N–H and O–H groups in total. The lowest BCUT2D eigenvalue weighted by atomic mass is 9.96. The van der Waals surface area contributed by atoms with Crippen LogP contribution >= 0.6 is 0 Å². The third-order valence-electron chi connectivity index (χ3n) is 4.74. The van der Waals surface area contributed by atoms with E-state index in [1.807, 2.05) is 0 Å². The van der Waals surface area contributed by atoms with E-state index in [0.717, 1.165) is 18.1 Å². The highest BCUT2D eigenvalue weighted by atomic mass is 16.5. The van der Waals surface area contributed by atoms with Crippen LogP contribution in [0.5, 0.6) is 0 Å². The molecule has 0 saturated heterocycles. The topological polar surface area (TPSA) is 9.23 Å². The van der Waals surface area contributed by atoms with Crippen LogP contribution in [0.1, 0.15) is 110 Å². The Kier molecular flexibility index (Phi) is 16.5. The molecule has 1 nitrogen and oxygen atoms in total. The molecule has 0 aromatic heterocycles. The standard InChI is InChI=1S/C21H42O/c1-5-6-7-14-17-20(2)18-15-12-10-8-9-11-13-16-19-21(3)22-4/h20H,3,5-19H2,1-2,4H3. The van der Waals surface area contributed by atoms with E-state index in [9.17, 15) is 0 Å². The van der Waals surface area contributed by atoms with Gasteiger partial charge in [-0.15, -0.1) is 0 Å². The van der Waals surface area contributed by atoms with Gasteiger partial charge in [-0.05, 0) is 12.3 Å². The van der Waals surface area contributed by atoms with Crippen molar-refractivity contribution in [3.8, 4) is 0 Å². The first-order valence-electron chi connectivity index (χ1n) is 9.92. The molecule has 0 aliphatic carbocycles. The normalized spacial score (nSPS) is 12.3. The van der Waals surface area contributed by atoms with Crippen molar-refractivity contribution in [3.63, 3.8) is 0 Å². The van der Waals surface area contributed by atoms with E-state index in [1.165, 1.54) is 89.9 Å². The summed E-state index contributed by atoms with van der Waals surface area (Å²) in [5, 5.41) is 0. The highest BCUT2D eigenvalue weighted by molar-refractivity contribution is 4.80. The van der Waals surface area contributed by atoms with E-state index in [-0.39, 0.29) is 0 Å². The van der Waals surface area contributed by atoms with Crippen LogP contribution < -0.4 is 0 Å². The molecular weight excluding hydrogens is 268 g/mol. The van der Waals surface area contributed by atoms with Crippen LogP contribution in [0, 0.1) is 5.92 Å². The molecule has 0 aliphatic heterocycles. The lowest BCUT2D eigenvalue weighted by molar-refractivity contribution is 0.276. The SMILES string of the molecule is C=C(CCCCCCCCCCC(C)CCCCCC)OC. The Labute approximate surface area is 140 Å². The van der Waals surface area contributed by atoms with Gasteiger partial charge in [0.15, 0.2) is 0 Å². The summed E-state index contributed by atoms with van der Waals surface area (Å²) in [7, 11) is 1.72. The van der Waals surface area contributed by atoms with Crippen molar-refractivity contribution in [1.29, 1.82) is 0 Å². The summed E-state index contributed by atoms with van der Waals surface area (Å²) in [6.45, 7) is 8.60. The smallest absolute Gasteiger partial charge is 0.0883 e. The molecule has 0 bridgehead atoms. The van der Waals surface area contributed by atoms with Crippen molar-refractivity contribution < 1.29 is 4.74 Å². The van der Waals surface area contributed by atoms with Crippen molar-refractivity contribution in [1.82, 2.24) is 0 Å². The second kappa shape index (κ2) is 16.9. The molecule has 0 aromatic carbocycles. The predicted molar refractivity (Wildman–Crippen MR) is 100 cm³/mol. The van der Waals surface area contributed by atoms with Gasteiger partial charge in [-0.2, -0.15) is 0 Å². The van der Waals surface area contributed by atoms with E-state index >= 15 is 0 Å². The second-order valence-corrected chi connectivity index (χ2v) is 7.06. The fourth-order valence-electron chi connectivity index (χ4n) is 3.04. The van der Waals surface area contributed by atoms with E-state index in [4.69, 9.17) is 4.74 Å². The summed E-state index contributed by atoms with van der Waals surface area (Å²) in [5.41, 5.74) is 0. The predicted octanol–water partition coefficient (Wildman–Crippen LogP) is 7.65. The molecule has 0 spiro atoms. The Bertz CT molecular complexity index is 234. The minimum atomic E-state index is 0.934. The Balaban J connectivity index is 3.14. The molecule has 0 fully saturated rings. The Morgan fingerprint density at radius 3 is 1.73 bits per heavy atom. The number of rotatable bonds is 17. The van der Waals surface area contributed by atoms with Crippen molar-refractivity contribution in [3.05, 3.63) is 12.3 Å². The van der Waals surface area contributed by atoms with E-state index in [0.29, 0.717) is 0 Å². The summed E-state index contributed by atoms with van der Waals surface area (Å²) in [4.78, 5) is 0. The lowest BCUT2D eigenvalue weighted by Crippen LogP contribution is -1.95. The van der Waals surface area contributed by atoms with Crippen LogP contribution in [0.2, 0.25) is 0 Å². The number of hydrogen-bond acceptors (Lipinski definition) is 1. The molecule has 0 radical (unpaired) electrons. The van der Waals surface area contributed by atoms with E-state index < -0.39 is 0 Å². The molecule has 132 valence electrons. The van der Waals surface area contributed by atoms with Gasteiger partial charge in [-0.3, -0.25) is 0 Å². The first-order chi connectivity index (χ1) is 10.7. The maximum Gasteiger partial charge on any atom is 0.0883 e. The van der Waals surface area contributed by atoms with Gasteiger partial charge in [-0.1, -0.05) is 104 Å². The number of unbranched alkanes of at least 4 members (excludes halogenated alkanes) is 10. The fourth-order valence-corrected chi connectivity index (χ4v) is 3.04. The van der Waals surface area contributed by atoms with Crippen LogP contribution in [0.4, 0.5) is 0 Å². The Hall–Kier alpha value is -0.460. The summed E-state index contributed by atoms with van der Waals surface area (Å²) < 4.78 is 5.08. The molecule has 0 rings (SSSR count). The average molecular weight is 311 g/mol. The van der Waals surface area contributed by atoms with Crippen LogP contribution in [0.15, 0.2) is 12.3 Å². The third-order valence-corrected chi connectivity index (χ3v) is 4.74. The van der Waals surface area contributed by atoms with Crippen molar-refractivity contribution >= 4 is 0 Å². The minimum Gasteiger partial charge on any atom is -0.502 e. The zero-order valence-electron chi connectivity index (χ0n) is 15.8. The van der Waals surface area contributed by atoms with Gasteiger partial charge in [0, 0.05) is 6.42 Å². The summed E-state index contributed by atoms with van der Waals surface area (Å²) >= 11 is 0. The van der Waals surface area contributed by atoms with Crippen LogP contribution in [0.25, 0.3) is 0 Å². The molecule has 0 saturated carbocycles. The monoisotopic (exact) mass is 310 g/mol. The molecule has 1 atom stereocenters. The first kappa shape index (κ1) is 21.5. The molecule has 22 heavy (non-hydrogen) atoms. The summed E-state index contributed by atoms with van der Waals surface area (Å²) in [6, 6.07) is 0. The van der Waals surface area contributed by atoms with Crippen molar-refractivity contribution in [2.24, 2.45) is 5.92 Å². The zero-order valence-corrected chi connectivity index (χ0v) is 15.8. The molecule has 1 heteroatoms. The molecule has 1 unspecified atom stereocenters. The number of methoxy groups -OCH3 is 1. The molecule has 0 amide bonds. The number of allylic oxidation sites excluding steroid dienone is 1. The average Bonchev–Trinajstić information content (AvgIpc) is 2.53. The maximum atomic E-state index is 5.08. The lowest BCUT2D eigenvalue weighted by Gasteiger charge is -2.10. The minimum absolute atomic E-state index is 0.934. The van der Waals surface area contributed by atoms with Crippen molar-refractivity contribution in [2.45, 2.75) is 110 Å². The van der Waals surface area contributed by atoms with Gasteiger partial charge in [0.1, 0.15) is 0 Å². The Morgan fingerprint density at radius 2 is 1.23 bits per heavy atom. The van der Waals surface area contributed by atoms with Crippen LogP contribution in [-0.4, -0.2) is 7.11 Å². The Morgan fingerprint density at radius 1 is 0.773 bits per heavy atom. The van der Waals surface area contributed by atoms with Crippen molar-refractivity contribution in [2.75, 3.05) is 7.11 Å². The molecular formula is C21H42O. The van der Waals surface area contributed by atoms with Gasteiger partial charge in [-0.25, -0.2) is 0 Å². The second-order valence-electron chi connectivity index (χ2n) is 7.06. The zero-order chi connectivity index (χ0) is 16.5. The molecule has 0 aromatic rings. The number of hydrogen-bond donors (Lipinski definition) is 0. The largest absolute Gasteiger partial charge is 0.502 e. The summed E-state index contributed by atoms with van der Waals surface area (Å²) in [6.07, 6.45) is 20.7. The van der Waals surface area contributed by atoms with Gasteiger partial charge < -0.3 is 4.74 Å². The molecule has 0 heterocycles. The number of ether oxygens (including phenoxy) is 1. The van der Waals surface area contributed by atoms with Crippen LogP contribution in [-0.2, 0) is 4.74 Å². The quantitative estimate of drug-likeness (QED) is 0.198. The molecule has 0 aliphatic rings. The maximum absolute atomic E-state index is 5.08. The van der Waals surface area contributed by atoms with E-state index in [2.05, 4.69) is 20.4 Å². The van der Waals surface area contributed by atoms with Gasteiger partial charge in [0.25, 0.3) is 0 Å². The van der Waals surface area contributed by atoms with Crippen LogP contribution in [0.3, 0.4) is 0 Å². The summed E-state index contributed by atoms with van der Waals surface area (Å²) in [5.74, 6) is 1.88. The highest BCUT2D eigenvalue weighted by Crippen LogP contribution is 2.18. The van der Waals surface area contributed by atoms with Gasteiger partial charge in [0.2, 0.25) is 0 Å². The first-order valence-corrected chi connectivity index (χ1v) is 9.92. The third kappa shape index (κ3) is 15.9. The van der Waals surface area contributed by atoms with Gasteiger partial charge in [0.05, 0.1) is 12.9 Å². The van der Waals surface area contributed by atoms with E-state index in [1.54, 1.807) is 7.11 Å². The fraction of sp³-hybridized carbons (Fsp3) is 0.905. The highest BCUT2D eigenvalue weighted by Gasteiger charge is 2.01. The van der Waals surface area contributed by atoms with Gasteiger partial charge >= 0.3 is 0 Å².